The Hall–Kier alpha value is -3.38. The van der Waals surface area contributed by atoms with E-state index < -0.39 is 0 Å². The van der Waals surface area contributed by atoms with E-state index >= 15 is 0 Å². The minimum absolute atomic E-state index is 0.00711. The van der Waals surface area contributed by atoms with Gasteiger partial charge in [0, 0.05) is 48.5 Å². The van der Waals surface area contributed by atoms with E-state index in [1.165, 1.54) is 0 Å². The molecule has 0 atom stereocenters. The number of hydrogen-bond donors (Lipinski definition) is 1. The highest BCUT2D eigenvalue weighted by molar-refractivity contribution is 6.26. The normalized spacial score (nSPS) is 16.4. The first-order valence-electron chi connectivity index (χ1n) is 10.3. The molecule has 1 saturated heterocycles. The van der Waals surface area contributed by atoms with Gasteiger partial charge < -0.3 is 15.1 Å². The molecule has 3 aromatic carbocycles. The minimum atomic E-state index is -0.208. The third kappa shape index (κ3) is 3.29. The molecule has 0 bridgehead atoms. The van der Waals surface area contributed by atoms with Gasteiger partial charge in [0.2, 0.25) is 5.91 Å². The van der Waals surface area contributed by atoms with Gasteiger partial charge >= 0.3 is 0 Å². The number of likely N-dealkylation sites (N-methyl/N-ethyl adjacent to an activating group) is 1. The van der Waals surface area contributed by atoms with Crippen LogP contribution in [0.4, 0.5) is 17.1 Å². The van der Waals surface area contributed by atoms with E-state index in [0.717, 1.165) is 54.0 Å². The number of carbonyl (C=O) groups excluding carboxylic acids is 2. The molecular formula is C24H24N4O2. The number of carbonyl (C=O) groups is 2. The molecule has 0 radical (unpaired) electrons. The van der Waals surface area contributed by atoms with Gasteiger partial charge in [-0.15, -0.1) is 0 Å². The maximum atomic E-state index is 12.8. The zero-order valence-electron chi connectivity index (χ0n) is 17.0. The van der Waals surface area contributed by atoms with Crippen molar-refractivity contribution in [1.82, 2.24) is 4.90 Å². The average molecular weight is 400 g/mol. The molecule has 2 heterocycles. The number of nitrogens with one attached hydrogen (secondary N) is 1. The lowest BCUT2D eigenvalue weighted by molar-refractivity contribution is -0.114. The number of anilines is 3. The van der Waals surface area contributed by atoms with Crippen LogP contribution in [-0.2, 0) is 4.79 Å². The largest absolute Gasteiger partial charge is 0.369 e. The highest BCUT2D eigenvalue weighted by Gasteiger charge is 2.30. The van der Waals surface area contributed by atoms with Crippen molar-refractivity contribution in [2.24, 2.45) is 0 Å². The summed E-state index contributed by atoms with van der Waals surface area (Å²) in [5.74, 6) is -0.331. The van der Waals surface area contributed by atoms with Gasteiger partial charge in [-0.3, -0.25) is 14.5 Å². The van der Waals surface area contributed by atoms with Crippen molar-refractivity contribution in [3.8, 4) is 0 Å². The second-order valence-electron chi connectivity index (χ2n) is 7.96. The second kappa shape index (κ2) is 7.46. The molecule has 2 aliphatic heterocycles. The molecule has 1 fully saturated rings. The molecule has 0 unspecified atom stereocenters. The van der Waals surface area contributed by atoms with Gasteiger partial charge in [-0.1, -0.05) is 24.3 Å². The van der Waals surface area contributed by atoms with E-state index in [1.54, 1.807) is 4.90 Å². The third-order valence-corrected chi connectivity index (χ3v) is 5.97. The highest BCUT2D eigenvalue weighted by atomic mass is 16.2. The molecule has 2 amide bonds. The Bertz CT molecular complexity index is 1110. The van der Waals surface area contributed by atoms with Crippen molar-refractivity contribution in [1.29, 1.82) is 0 Å². The van der Waals surface area contributed by atoms with Crippen LogP contribution in [0.2, 0.25) is 0 Å². The second-order valence-corrected chi connectivity index (χ2v) is 7.96. The quantitative estimate of drug-likeness (QED) is 0.731. The van der Waals surface area contributed by atoms with Crippen LogP contribution < -0.4 is 15.1 Å². The fourth-order valence-corrected chi connectivity index (χ4v) is 4.30. The van der Waals surface area contributed by atoms with E-state index in [-0.39, 0.29) is 18.4 Å². The summed E-state index contributed by atoms with van der Waals surface area (Å²) in [6, 6.07) is 19.4. The SMILES string of the molecule is CN1CCN(c2ccc(NC(=O)CN3C(=O)c4cccc5cccc3c45)cc2)CC1. The van der Waals surface area contributed by atoms with E-state index in [9.17, 15) is 9.59 Å². The summed E-state index contributed by atoms with van der Waals surface area (Å²) in [6.45, 7) is 4.11. The van der Waals surface area contributed by atoms with Gasteiger partial charge in [0.05, 0.1) is 5.69 Å². The molecule has 0 saturated carbocycles. The molecule has 0 aromatic heterocycles. The topological polar surface area (TPSA) is 55.9 Å². The van der Waals surface area contributed by atoms with Crippen LogP contribution in [0.1, 0.15) is 10.4 Å². The van der Waals surface area contributed by atoms with Gasteiger partial charge in [-0.25, -0.2) is 0 Å². The van der Waals surface area contributed by atoms with Crippen LogP contribution in [0.25, 0.3) is 10.8 Å². The number of benzene rings is 3. The van der Waals surface area contributed by atoms with Gasteiger partial charge in [-0.05, 0) is 48.8 Å². The Balaban J connectivity index is 1.27. The van der Waals surface area contributed by atoms with E-state index in [0.29, 0.717) is 5.56 Å². The van der Waals surface area contributed by atoms with Gasteiger partial charge in [0.25, 0.3) is 5.91 Å². The number of amides is 2. The van der Waals surface area contributed by atoms with Crippen LogP contribution in [0.5, 0.6) is 0 Å². The van der Waals surface area contributed by atoms with Gasteiger partial charge in [0.1, 0.15) is 6.54 Å². The van der Waals surface area contributed by atoms with Crippen molar-refractivity contribution < 1.29 is 9.59 Å². The standard InChI is InChI=1S/C24H24N4O2/c1-26-12-14-27(15-13-26)19-10-8-18(9-11-19)25-22(29)16-28-21-7-3-5-17-4-2-6-20(23(17)21)24(28)30/h2-11H,12-16H2,1H3,(H,25,29). The number of nitrogens with zero attached hydrogens (tertiary/aromatic N) is 3. The molecule has 6 heteroatoms. The highest BCUT2D eigenvalue weighted by Crippen LogP contribution is 2.36. The summed E-state index contributed by atoms with van der Waals surface area (Å²) in [5, 5.41) is 4.87. The fraction of sp³-hybridized carbons (Fsp3) is 0.250. The minimum Gasteiger partial charge on any atom is -0.369 e. The monoisotopic (exact) mass is 400 g/mol. The van der Waals surface area contributed by atoms with Crippen molar-refractivity contribution >= 4 is 39.6 Å². The van der Waals surface area contributed by atoms with E-state index in [1.807, 2.05) is 60.7 Å². The van der Waals surface area contributed by atoms with Crippen LogP contribution in [-0.4, -0.2) is 56.5 Å². The summed E-state index contributed by atoms with van der Waals surface area (Å²) >= 11 is 0. The lowest BCUT2D eigenvalue weighted by Gasteiger charge is -2.34. The molecule has 0 spiro atoms. The zero-order chi connectivity index (χ0) is 20.7. The average Bonchev–Trinajstić information content (AvgIpc) is 3.03. The lowest BCUT2D eigenvalue weighted by atomic mass is 10.1. The summed E-state index contributed by atoms with van der Waals surface area (Å²) < 4.78 is 0. The van der Waals surface area contributed by atoms with Crippen LogP contribution in [0.3, 0.4) is 0 Å². The smallest absolute Gasteiger partial charge is 0.259 e. The Labute approximate surface area is 175 Å². The van der Waals surface area contributed by atoms with Crippen molar-refractivity contribution in [3.05, 3.63) is 66.2 Å². The van der Waals surface area contributed by atoms with Gasteiger partial charge in [0.15, 0.2) is 0 Å². The van der Waals surface area contributed by atoms with E-state index in [4.69, 9.17) is 0 Å². The summed E-state index contributed by atoms with van der Waals surface area (Å²) in [7, 11) is 2.14. The number of rotatable bonds is 4. The molecular weight excluding hydrogens is 376 g/mol. The zero-order valence-corrected chi connectivity index (χ0v) is 17.0. The van der Waals surface area contributed by atoms with E-state index in [2.05, 4.69) is 22.2 Å². The van der Waals surface area contributed by atoms with Crippen molar-refractivity contribution in [3.63, 3.8) is 0 Å². The first kappa shape index (κ1) is 18.6. The predicted molar refractivity (Wildman–Crippen MR) is 120 cm³/mol. The molecule has 5 rings (SSSR count). The van der Waals surface area contributed by atoms with Crippen molar-refractivity contribution in [2.45, 2.75) is 0 Å². The lowest BCUT2D eigenvalue weighted by Crippen LogP contribution is -2.44. The molecule has 6 nitrogen and oxygen atoms in total. The summed E-state index contributed by atoms with van der Waals surface area (Å²) in [5.41, 5.74) is 3.36. The maximum absolute atomic E-state index is 12.8. The summed E-state index contributed by atoms with van der Waals surface area (Å²) in [4.78, 5) is 31.8. The van der Waals surface area contributed by atoms with Crippen LogP contribution in [0.15, 0.2) is 60.7 Å². The Kier molecular flexibility index (Phi) is 4.64. The Morgan fingerprint density at radius 3 is 2.37 bits per heavy atom. The van der Waals surface area contributed by atoms with Gasteiger partial charge in [-0.2, -0.15) is 0 Å². The summed E-state index contributed by atoms with van der Waals surface area (Å²) in [6.07, 6.45) is 0. The van der Waals surface area contributed by atoms with Crippen molar-refractivity contribution in [2.75, 3.05) is 54.9 Å². The number of hydrogen-bond acceptors (Lipinski definition) is 4. The first-order valence-corrected chi connectivity index (χ1v) is 10.3. The fourth-order valence-electron chi connectivity index (χ4n) is 4.30. The molecule has 1 N–H and O–H groups in total. The van der Waals surface area contributed by atoms with Crippen LogP contribution in [0, 0.1) is 0 Å². The molecule has 30 heavy (non-hydrogen) atoms. The predicted octanol–water partition coefficient (Wildman–Crippen LogP) is 3.19. The first-order chi connectivity index (χ1) is 14.6. The Morgan fingerprint density at radius 2 is 1.63 bits per heavy atom. The number of piperazine rings is 1. The molecule has 152 valence electrons. The maximum Gasteiger partial charge on any atom is 0.259 e. The molecule has 3 aromatic rings. The third-order valence-electron chi connectivity index (χ3n) is 5.97. The Morgan fingerprint density at radius 1 is 0.933 bits per heavy atom. The molecule has 0 aliphatic carbocycles. The van der Waals surface area contributed by atoms with Crippen LogP contribution >= 0.6 is 0 Å². The molecule has 2 aliphatic rings.